The Morgan fingerprint density at radius 2 is 1.52 bits per heavy atom. The maximum absolute atomic E-state index is 11.5. The summed E-state index contributed by atoms with van der Waals surface area (Å²) in [5.41, 5.74) is 1.59. The molecule has 0 aromatic heterocycles. The van der Waals surface area contributed by atoms with Gasteiger partial charge in [0.2, 0.25) is 0 Å². The van der Waals surface area contributed by atoms with Crippen molar-refractivity contribution in [3.8, 4) is 11.5 Å². The van der Waals surface area contributed by atoms with Crippen LogP contribution in [0.1, 0.15) is 11.1 Å². The molecule has 0 saturated carbocycles. The van der Waals surface area contributed by atoms with Gasteiger partial charge in [-0.05, 0) is 23.8 Å². The highest BCUT2D eigenvalue weighted by Gasteiger charge is 2.22. The Morgan fingerprint density at radius 1 is 0.826 bits per heavy atom. The van der Waals surface area contributed by atoms with Crippen LogP contribution in [0.5, 0.6) is 11.5 Å². The van der Waals surface area contributed by atoms with Gasteiger partial charge in [0.25, 0.3) is 0 Å². The van der Waals surface area contributed by atoms with Crippen molar-refractivity contribution < 1.29 is 24.1 Å². The summed E-state index contributed by atoms with van der Waals surface area (Å²) >= 11 is 0. The zero-order valence-corrected chi connectivity index (χ0v) is 12.0. The van der Waals surface area contributed by atoms with Crippen LogP contribution in [-0.4, -0.2) is 11.9 Å². The highest BCUT2D eigenvalue weighted by molar-refractivity contribution is 5.90. The topological polar surface area (TPSA) is 65.1 Å². The van der Waals surface area contributed by atoms with Gasteiger partial charge in [-0.1, -0.05) is 42.5 Å². The van der Waals surface area contributed by atoms with Gasteiger partial charge in [0.05, 0.1) is 0 Å². The number of carbonyl (C=O) groups excluding carboxylic acids is 2. The first-order chi connectivity index (χ1) is 11.2. The van der Waals surface area contributed by atoms with Crippen LogP contribution in [0.3, 0.4) is 0 Å². The summed E-state index contributed by atoms with van der Waals surface area (Å²) < 4.78 is 5.18. The quantitative estimate of drug-likeness (QED) is 0.319. The number of rotatable bonds is 4. The monoisotopic (exact) mass is 308 g/mol. The fourth-order valence-electron chi connectivity index (χ4n) is 1.87. The van der Waals surface area contributed by atoms with Crippen molar-refractivity contribution in [2.75, 3.05) is 0 Å². The first-order valence-corrected chi connectivity index (χ1v) is 6.87. The summed E-state index contributed by atoms with van der Waals surface area (Å²) in [6, 6.07) is 14.6. The first-order valence-electron chi connectivity index (χ1n) is 6.87. The Morgan fingerprint density at radius 3 is 2.26 bits per heavy atom. The molecule has 0 spiro atoms. The van der Waals surface area contributed by atoms with Gasteiger partial charge in [0, 0.05) is 17.7 Å². The molecule has 3 rings (SSSR count). The Hall–Kier alpha value is -3.34. The minimum absolute atomic E-state index is 0.735. The van der Waals surface area contributed by atoms with Gasteiger partial charge in [-0.3, -0.25) is 0 Å². The summed E-state index contributed by atoms with van der Waals surface area (Å²) in [4.78, 5) is 31.7. The van der Waals surface area contributed by atoms with E-state index in [1.54, 1.807) is 12.1 Å². The van der Waals surface area contributed by atoms with E-state index in [-0.39, 0.29) is 0 Å². The Labute approximate surface area is 132 Å². The van der Waals surface area contributed by atoms with Crippen molar-refractivity contribution in [1.29, 1.82) is 0 Å². The van der Waals surface area contributed by atoms with Crippen LogP contribution in [0.15, 0.2) is 60.7 Å². The largest absolute Gasteiger partial charge is 0.449 e. The number of hydrogen-bond donors (Lipinski definition) is 0. The molecule has 5 heteroatoms. The molecule has 23 heavy (non-hydrogen) atoms. The van der Waals surface area contributed by atoms with Crippen LogP contribution < -0.4 is 4.74 Å². The molecule has 2 aromatic carbocycles. The van der Waals surface area contributed by atoms with E-state index in [9.17, 15) is 9.59 Å². The second kappa shape index (κ2) is 6.62. The van der Waals surface area contributed by atoms with E-state index in [0.717, 1.165) is 28.7 Å². The molecule has 1 aliphatic heterocycles. The zero-order chi connectivity index (χ0) is 16.1. The summed E-state index contributed by atoms with van der Waals surface area (Å²) in [6.45, 7) is 0. The van der Waals surface area contributed by atoms with Crippen LogP contribution in [0.4, 0.5) is 0 Å². The smallest absolute Gasteiger partial charge is 0.379 e. The fourth-order valence-corrected chi connectivity index (χ4v) is 1.87. The van der Waals surface area contributed by atoms with Crippen LogP contribution in [0.25, 0.3) is 12.2 Å². The molecule has 0 fully saturated rings. The van der Waals surface area contributed by atoms with Crippen LogP contribution in [-0.2, 0) is 19.4 Å². The Balaban J connectivity index is 1.47. The summed E-state index contributed by atoms with van der Waals surface area (Å²) in [5.74, 6) is -0.0343. The van der Waals surface area contributed by atoms with Gasteiger partial charge < -0.3 is 4.74 Å². The van der Waals surface area contributed by atoms with E-state index in [1.165, 1.54) is 12.2 Å². The fraction of sp³-hybridized carbons (Fsp3) is 0. The predicted molar refractivity (Wildman–Crippen MR) is 83.2 cm³/mol. The van der Waals surface area contributed by atoms with Gasteiger partial charge in [-0.15, -0.1) is 0 Å². The number of carbonyl (C=O) groups is 2. The maximum Gasteiger partial charge on any atom is 0.379 e. The first kappa shape index (κ1) is 14.6. The SMILES string of the molecule is O=C(/C=C/c1ccccc1)OOC(=O)/C=C/c1cccc2c1O2. The minimum Gasteiger partial charge on any atom is -0.449 e. The van der Waals surface area contributed by atoms with Gasteiger partial charge in [0.15, 0.2) is 11.5 Å². The molecule has 114 valence electrons. The Bertz CT molecular complexity index is 790. The molecular weight excluding hydrogens is 296 g/mol. The Kier molecular flexibility index (Phi) is 4.20. The van der Waals surface area contributed by atoms with Crippen molar-refractivity contribution in [3.63, 3.8) is 0 Å². The molecule has 2 aromatic rings. The highest BCUT2D eigenvalue weighted by atomic mass is 17.2. The molecule has 0 unspecified atom stereocenters. The molecule has 1 aliphatic rings. The zero-order valence-electron chi connectivity index (χ0n) is 12.0. The van der Waals surface area contributed by atoms with E-state index < -0.39 is 11.9 Å². The van der Waals surface area contributed by atoms with Gasteiger partial charge in [-0.25, -0.2) is 19.4 Å². The van der Waals surface area contributed by atoms with Crippen LogP contribution in [0, 0.1) is 0 Å². The van der Waals surface area contributed by atoms with Crippen molar-refractivity contribution in [2.45, 2.75) is 0 Å². The van der Waals surface area contributed by atoms with Gasteiger partial charge >= 0.3 is 11.9 Å². The standard InChI is InChI=1S/C18H12O5/c19-16(11-9-13-5-2-1-3-6-13)22-23-17(20)12-10-14-7-4-8-15-18(14)21-15/h1-12H/b11-9+,12-10+. The van der Waals surface area contributed by atoms with E-state index in [4.69, 9.17) is 4.74 Å². The van der Waals surface area contributed by atoms with Crippen molar-refractivity contribution in [1.82, 2.24) is 0 Å². The molecule has 0 saturated heterocycles. The number of para-hydroxylation sites is 1. The average molecular weight is 308 g/mol. The second-order valence-corrected chi connectivity index (χ2v) is 4.66. The lowest BCUT2D eigenvalue weighted by Crippen LogP contribution is -2.06. The molecule has 0 atom stereocenters. The van der Waals surface area contributed by atoms with E-state index in [1.807, 2.05) is 42.5 Å². The molecule has 1 heterocycles. The lowest BCUT2D eigenvalue weighted by Gasteiger charge is -1.97. The molecular formula is C18H12O5. The predicted octanol–water partition coefficient (Wildman–Crippen LogP) is 3.52. The molecule has 0 bridgehead atoms. The number of ether oxygens (including phenoxy) is 1. The normalized spacial score (nSPS) is 11.8. The van der Waals surface area contributed by atoms with Crippen LogP contribution in [0.2, 0.25) is 0 Å². The van der Waals surface area contributed by atoms with Crippen molar-refractivity contribution in [2.24, 2.45) is 0 Å². The summed E-state index contributed by atoms with van der Waals surface area (Å²) in [6.07, 6.45) is 5.42. The third-order valence-electron chi connectivity index (χ3n) is 3.00. The lowest BCUT2D eigenvalue weighted by atomic mass is 10.2. The van der Waals surface area contributed by atoms with E-state index >= 15 is 0 Å². The van der Waals surface area contributed by atoms with Gasteiger partial charge in [-0.2, -0.15) is 0 Å². The third kappa shape index (κ3) is 4.07. The summed E-state index contributed by atoms with van der Waals surface area (Å²) in [7, 11) is 0. The third-order valence-corrected chi connectivity index (χ3v) is 3.00. The number of fused-ring (bicyclic) bond motifs is 1. The van der Waals surface area contributed by atoms with Crippen molar-refractivity contribution in [3.05, 3.63) is 71.8 Å². The molecule has 0 N–H and O–H groups in total. The lowest BCUT2D eigenvalue weighted by molar-refractivity contribution is -0.250. The number of benzene rings is 2. The average Bonchev–Trinajstić information content (AvgIpc) is 3.37. The number of hydrogen-bond acceptors (Lipinski definition) is 5. The van der Waals surface area contributed by atoms with Gasteiger partial charge in [0.1, 0.15) is 0 Å². The second-order valence-electron chi connectivity index (χ2n) is 4.66. The van der Waals surface area contributed by atoms with E-state index in [0.29, 0.717) is 0 Å². The maximum atomic E-state index is 11.5. The molecule has 0 aliphatic carbocycles. The molecule has 5 nitrogen and oxygen atoms in total. The van der Waals surface area contributed by atoms with E-state index in [2.05, 4.69) is 9.78 Å². The minimum atomic E-state index is -0.787. The summed E-state index contributed by atoms with van der Waals surface area (Å²) in [5, 5.41) is 0. The highest BCUT2D eigenvalue weighted by Crippen LogP contribution is 2.48. The van der Waals surface area contributed by atoms with Crippen molar-refractivity contribution >= 4 is 24.1 Å². The molecule has 0 radical (unpaired) electrons. The molecule has 0 amide bonds. The van der Waals surface area contributed by atoms with Crippen LogP contribution >= 0.6 is 0 Å².